The van der Waals surface area contributed by atoms with Crippen LogP contribution in [-0.2, 0) is 4.74 Å². The number of thiazole rings is 1. The second-order valence-electron chi connectivity index (χ2n) is 7.84. The minimum absolute atomic E-state index is 0.349. The molecule has 146 valence electrons. The van der Waals surface area contributed by atoms with E-state index in [0.29, 0.717) is 30.2 Å². The predicted octanol–water partition coefficient (Wildman–Crippen LogP) is 4.00. The summed E-state index contributed by atoms with van der Waals surface area (Å²) in [6.07, 6.45) is 2.42. The molecule has 0 saturated heterocycles. The molecule has 0 fully saturated rings. The molecule has 3 rings (SSSR count). The van der Waals surface area contributed by atoms with E-state index in [0.717, 1.165) is 6.04 Å². The largest absolute Gasteiger partial charge is 0.384 e. The first-order chi connectivity index (χ1) is 12.8. The molecule has 2 N–H and O–H groups in total. The van der Waals surface area contributed by atoms with Gasteiger partial charge in [-0.05, 0) is 23.7 Å². The summed E-state index contributed by atoms with van der Waals surface area (Å²) in [6, 6.07) is 5.51. The molecule has 5 nitrogen and oxygen atoms in total. The second kappa shape index (κ2) is 8.51. The zero-order chi connectivity index (χ0) is 19.4. The maximum absolute atomic E-state index is 13.8. The number of ether oxygens (including phenoxy) is 1. The third kappa shape index (κ3) is 5.16. The molecule has 0 bridgehead atoms. The molecule has 0 radical (unpaired) electrons. The molecular weight excluding hydrogens is 381 g/mol. The summed E-state index contributed by atoms with van der Waals surface area (Å²) in [5.74, 6) is -0.349. The Morgan fingerprint density at radius 3 is 2.93 bits per heavy atom. The molecule has 1 aromatic carbocycles. The van der Waals surface area contributed by atoms with Crippen molar-refractivity contribution in [3.8, 4) is 11.3 Å². The zero-order valence-corrected chi connectivity index (χ0v) is 17.7. The van der Waals surface area contributed by atoms with Crippen molar-refractivity contribution in [1.29, 1.82) is 0 Å². The number of halogens is 1. The number of hydrogen-bond donors (Lipinski definition) is 2. The average Bonchev–Trinajstić information content (AvgIpc) is 3.29. The minimum atomic E-state index is -1.14. The number of benzene rings is 1. The highest BCUT2D eigenvalue weighted by Gasteiger charge is 2.30. The molecule has 0 saturated carbocycles. The van der Waals surface area contributed by atoms with Gasteiger partial charge in [0.05, 0.1) is 11.2 Å². The minimum Gasteiger partial charge on any atom is -0.384 e. The summed E-state index contributed by atoms with van der Waals surface area (Å²) in [6.45, 7) is 8.05. The number of hydrogen-bond acceptors (Lipinski definition) is 6. The highest BCUT2D eigenvalue weighted by Crippen LogP contribution is 2.32. The summed E-state index contributed by atoms with van der Waals surface area (Å²) in [4.78, 5) is 6.19. The van der Waals surface area contributed by atoms with E-state index < -0.39 is 14.2 Å². The fraction of sp³-hybridized carbons (Fsp3) is 0.421. The molecule has 1 aliphatic heterocycles. The fourth-order valence-electron chi connectivity index (χ4n) is 2.89. The van der Waals surface area contributed by atoms with Crippen molar-refractivity contribution in [2.24, 2.45) is 0 Å². The summed E-state index contributed by atoms with van der Waals surface area (Å²) in [7, 11) is -1.14. The van der Waals surface area contributed by atoms with Crippen LogP contribution in [0.4, 0.5) is 4.39 Å². The van der Waals surface area contributed by atoms with Gasteiger partial charge < -0.3 is 20.1 Å². The lowest BCUT2D eigenvalue weighted by Crippen LogP contribution is -2.42. The van der Waals surface area contributed by atoms with Crippen LogP contribution >= 0.6 is 11.3 Å². The van der Waals surface area contributed by atoms with E-state index in [1.54, 1.807) is 17.8 Å². The fourth-order valence-corrected chi connectivity index (χ4v) is 4.20. The van der Waals surface area contributed by atoms with Crippen LogP contribution in [0.5, 0.6) is 0 Å². The van der Waals surface area contributed by atoms with E-state index in [9.17, 15) is 9.50 Å². The van der Waals surface area contributed by atoms with Gasteiger partial charge in [0.25, 0.3) is 0 Å². The average molecular weight is 408 g/mol. The lowest BCUT2D eigenvalue weighted by molar-refractivity contribution is -0.00328. The molecule has 27 heavy (non-hydrogen) atoms. The quantitative estimate of drug-likeness (QED) is 0.512. The Balaban J connectivity index is 1.71. The topological polar surface area (TPSA) is 57.6 Å². The summed E-state index contributed by atoms with van der Waals surface area (Å²) in [5, 5.41) is 16.0. The monoisotopic (exact) mass is 407 g/mol. The van der Waals surface area contributed by atoms with E-state index in [1.807, 2.05) is 16.5 Å². The smallest absolute Gasteiger partial charge is 0.131 e. The lowest BCUT2D eigenvalue weighted by atomic mass is 9.98. The summed E-state index contributed by atoms with van der Waals surface area (Å²) < 4.78 is 19.6. The first-order valence-electron chi connectivity index (χ1n) is 8.97. The van der Waals surface area contributed by atoms with Crippen molar-refractivity contribution in [3.63, 3.8) is 0 Å². The predicted molar refractivity (Wildman–Crippen MR) is 109 cm³/mol. The molecule has 0 spiro atoms. The van der Waals surface area contributed by atoms with Crippen molar-refractivity contribution >= 4 is 19.4 Å². The Morgan fingerprint density at radius 1 is 1.41 bits per heavy atom. The number of aliphatic hydroxyl groups excluding tert-OH is 1. The number of rotatable bonds is 8. The van der Waals surface area contributed by atoms with Crippen molar-refractivity contribution in [3.05, 3.63) is 52.9 Å². The van der Waals surface area contributed by atoms with Gasteiger partial charge in [0.1, 0.15) is 24.8 Å². The molecular formula is C19H26FN3O2SSi. The molecule has 8 heteroatoms. The van der Waals surface area contributed by atoms with E-state index >= 15 is 0 Å². The van der Waals surface area contributed by atoms with Gasteiger partial charge in [0.2, 0.25) is 0 Å². The van der Waals surface area contributed by atoms with E-state index in [1.165, 1.54) is 23.5 Å². The standard InChI is InChI=1S/C19H26FN3O2SSi/c1-27(2,3)9-8-25-13-23-7-6-21-19(23)18(24)15-5-4-14(20)10-16(15)17-11-26-12-22-17/h4-7,10-12,18-19,21,24H,8-9,13H2,1-3H3. The molecule has 2 atom stereocenters. The van der Waals surface area contributed by atoms with Crippen molar-refractivity contribution in [2.45, 2.75) is 38.0 Å². The zero-order valence-electron chi connectivity index (χ0n) is 15.9. The van der Waals surface area contributed by atoms with Gasteiger partial charge in [-0.3, -0.25) is 0 Å². The number of nitrogens with zero attached hydrogens (tertiary/aromatic N) is 2. The molecule has 1 aromatic heterocycles. The van der Waals surface area contributed by atoms with Crippen molar-refractivity contribution in [1.82, 2.24) is 15.2 Å². The Labute approximate surface area is 164 Å². The van der Waals surface area contributed by atoms with Crippen LogP contribution in [0.25, 0.3) is 11.3 Å². The van der Waals surface area contributed by atoms with E-state index in [2.05, 4.69) is 29.9 Å². The first-order valence-corrected chi connectivity index (χ1v) is 13.6. The van der Waals surface area contributed by atoms with Gasteiger partial charge in [-0.2, -0.15) is 0 Å². The van der Waals surface area contributed by atoms with Crippen LogP contribution in [0.15, 0.2) is 41.5 Å². The second-order valence-corrected chi connectivity index (χ2v) is 14.2. The molecule has 2 heterocycles. The van der Waals surface area contributed by atoms with Gasteiger partial charge >= 0.3 is 0 Å². The van der Waals surface area contributed by atoms with Crippen LogP contribution in [0.1, 0.15) is 11.7 Å². The third-order valence-corrected chi connectivity index (χ3v) is 6.76. The Bertz CT molecular complexity index is 780. The molecule has 1 aliphatic rings. The third-order valence-electron chi connectivity index (χ3n) is 4.47. The first kappa shape index (κ1) is 20.0. The maximum atomic E-state index is 13.8. The van der Waals surface area contributed by atoms with Crippen molar-refractivity contribution in [2.75, 3.05) is 13.3 Å². The highest BCUT2D eigenvalue weighted by molar-refractivity contribution is 7.07. The van der Waals surface area contributed by atoms with Crippen LogP contribution in [0.2, 0.25) is 25.7 Å². The highest BCUT2D eigenvalue weighted by atomic mass is 32.1. The summed E-state index contributed by atoms with van der Waals surface area (Å²) >= 11 is 1.44. The van der Waals surface area contributed by atoms with E-state index in [-0.39, 0.29) is 12.0 Å². The van der Waals surface area contributed by atoms with Crippen LogP contribution in [0, 0.1) is 5.82 Å². The lowest BCUT2D eigenvalue weighted by Gasteiger charge is -2.30. The van der Waals surface area contributed by atoms with Gasteiger partial charge in [-0.1, -0.05) is 25.7 Å². The molecule has 0 aliphatic carbocycles. The van der Waals surface area contributed by atoms with Crippen molar-refractivity contribution < 1.29 is 14.2 Å². The Hall–Kier alpha value is -1.74. The maximum Gasteiger partial charge on any atom is 0.131 e. The molecule has 2 aromatic rings. The Kier molecular flexibility index (Phi) is 6.31. The van der Waals surface area contributed by atoms with Gasteiger partial charge in [-0.15, -0.1) is 11.3 Å². The normalized spacial score (nSPS) is 18.0. The van der Waals surface area contributed by atoms with Gasteiger partial charge in [0.15, 0.2) is 0 Å². The Morgan fingerprint density at radius 2 is 2.22 bits per heavy atom. The van der Waals surface area contributed by atoms with Crippen LogP contribution in [-0.4, -0.2) is 42.6 Å². The number of nitrogens with one attached hydrogen (secondary N) is 1. The number of aromatic nitrogens is 1. The SMILES string of the molecule is C[Si](C)(C)CCOCN1C=CNC1C(O)c1ccc(F)cc1-c1cscn1. The number of aliphatic hydroxyl groups is 1. The van der Waals surface area contributed by atoms with Crippen LogP contribution < -0.4 is 5.32 Å². The van der Waals surface area contributed by atoms with Gasteiger partial charge in [-0.25, -0.2) is 9.37 Å². The molecule has 2 unspecified atom stereocenters. The van der Waals surface area contributed by atoms with Crippen LogP contribution in [0.3, 0.4) is 0 Å². The van der Waals surface area contributed by atoms with Gasteiger partial charge in [0, 0.05) is 38.0 Å². The summed E-state index contributed by atoms with van der Waals surface area (Å²) in [5.41, 5.74) is 3.61. The van der Waals surface area contributed by atoms with E-state index in [4.69, 9.17) is 4.74 Å². The molecule has 0 amide bonds.